The fourth-order valence-electron chi connectivity index (χ4n) is 5.29. The van der Waals surface area contributed by atoms with Crippen LogP contribution in [0.4, 0.5) is 15.8 Å². The zero-order valence-corrected chi connectivity index (χ0v) is 24.0. The van der Waals surface area contributed by atoms with Crippen molar-refractivity contribution >= 4 is 45.9 Å². The summed E-state index contributed by atoms with van der Waals surface area (Å²) in [6, 6.07) is 25.3. The van der Waals surface area contributed by atoms with Crippen LogP contribution in [0, 0.1) is 5.82 Å². The first-order chi connectivity index (χ1) is 20.9. The molecule has 4 aromatic rings. The molecule has 2 saturated heterocycles. The Bertz CT molecular complexity index is 1640. The molecule has 3 heterocycles. The van der Waals surface area contributed by atoms with Crippen LogP contribution in [0.25, 0.3) is 0 Å². The number of furan rings is 1. The molecule has 6 rings (SSSR count). The van der Waals surface area contributed by atoms with Crippen molar-refractivity contribution in [2.24, 2.45) is 4.99 Å². The molecule has 1 unspecified atom stereocenters. The zero-order valence-electron chi connectivity index (χ0n) is 23.2. The molecule has 2 aliphatic rings. The second kappa shape index (κ2) is 12.8. The van der Waals surface area contributed by atoms with Gasteiger partial charge in [-0.1, -0.05) is 60.3 Å². The number of likely N-dealkylation sites (tertiary alicyclic amines) is 1. The molecule has 0 bridgehead atoms. The third-order valence-electron chi connectivity index (χ3n) is 7.46. The quantitative estimate of drug-likeness (QED) is 0.231. The van der Waals surface area contributed by atoms with Crippen LogP contribution in [0.1, 0.15) is 39.8 Å². The number of hydrogen-bond donors (Lipinski definition) is 1. The van der Waals surface area contributed by atoms with E-state index in [1.54, 1.807) is 59.7 Å². The fourth-order valence-corrected chi connectivity index (χ4v) is 6.46. The molecule has 218 valence electrons. The van der Waals surface area contributed by atoms with Crippen molar-refractivity contribution < 1.29 is 23.2 Å². The van der Waals surface area contributed by atoms with Crippen molar-refractivity contribution in [2.75, 3.05) is 18.4 Å². The van der Waals surface area contributed by atoms with E-state index in [4.69, 9.17) is 4.42 Å². The lowest BCUT2D eigenvalue weighted by atomic mass is 10.1. The summed E-state index contributed by atoms with van der Waals surface area (Å²) in [6.45, 7) is 1.07. The predicted octanol–water partition coefficient (Wildman–Crippen LogP) is 6.21. The number of nitrogens with zero attached hydrogens (tertiary/aromatic N) is 3. The molecule has 43 heavy (non-hydrogen) atoms. The highest BCUT2D eigenvalue weighted by molar-refractivity contribution is 8.15. The maximum atomic E-state index is 13.8. The summed E-state index contributed by atoms with van der Waals surface area (Å²) < 4.78 is 19.3. The highest BCUT2D eigenvalue weighted by Crippen LogP contribution is 2.41. The number of carbonyl (C=O) groups is 3. The Balaban J connectivity index is 1.14. The summed E-state index contributed by atoms with van der Waals surface area (Å²) in [5.74, 6) is -0.146. The minimum absolute atomic E-state index is 0.00946. The van der Waals surface area contributed by atoms with E-state index >= 15 is 0 Å². The second-order valence-electron chi connectivity index (χ2n) is 10.4. The van der Waals surface area contributed by atoms with Crippen LogP contribution >= 0.6 is 11.8 Å². The zero-order chi connectivity index (χ0) is 29.8. The van der Waals surface area contributed by atoms with Crippen LogP contribution in [0.3, 0.4) is 0 Å². The van der Waals surface area contributed by atoms with E-state index in [9.17, 15) is 18.8 Å². The van der Waals surface area contributed by atoms with Crippen molar-refractivity contribution in [3.05, 3.63) is 120 Å². The average Bonchev–Trinajstić information content (AvgIpc) is 3.77. The summed E-state index contributed by atoms with van der Waals surface area (Å²) in [6.07, 6.45) is 3.06. The lowest BCUT2D eigenvalue weighted by molar-refractivity contribution is -0.126. The third kappa shape index (κ3) is 6.60. The Labute approximate surface area is 252 Å². The normalized spacial score (nSPS) is 19.7. The number of halogens is 1. The summed E-state index contributed by atoms with van der Waals surface area (Å²) in [4.78, 5) is 47.5. The molecule has 0 saturated carbocycles. The van der Waals surface area contributed by atoms with Crippen LogP contribution in [-0.2, 0) is 16.1 Å². The number of anilines is 1. The van der Waals surface area contributed by atoms with E-state index in [-0.39, 0.29) is 30.7 Å². The molecule has 1 aromatic heterocycles. The smallest absolute Gasteiger partial charge is 0.247 e. The number of benzene rings is 3. The Morgan fingerprint density at radius 2 is 1.81 bits per heavy atom. The van der Waals surface area contributed by atoms with Crippen molar-refractivity contribution in [2.45, 2.75) is 30.7 Å². The Morgan fingerprint density at radius 3 is 2.56 bits per heavy atom. The molecular formula is C33H29FN4O4S. The Morgan fingerprint density at radius 1 is 1.00 bits per heavy atom. The molecule has 0 spiro atoms. The van der Waals surface area contributed by atoms with E-state index < -0.39 is 17.1 Å². The van der Waals surface area contributed by atoms with Gasteiger partial charge in [-0.2, -0.15) is 0 Å². The molecular weight excluding hydrogens is 567 g/mol. The predicted molar refractivity (Wildman–Crippen MR) is 164 cm³/mol. The van der Waals surface area contributed by atoms with Crippen molar-refractivity contribution in [1.82, 2.24) is 9.80 Å². The van der Waals surface area contributed by atoms with E-state index in [0.717, 1.165) is 12.0 Å². The number of aliphatic imine (C=N–C) groups is 1. The monoisotopic (exact) mass is 596 g/mol. The summed E-state index contributed by atoms with van der Waals surface area (Å²) in [5.41, 5.74) is 2.39. The van der Waals surface area contributed by atoms with Gasteiger partial charge in [-0.15, -0.1) is 0 Å². The fraction of sp³-hybridized carbons (Fsp3) is 0.212. The Kier molecular flexibility index (Phi) is 8.48. The SMILES string of the molecule is O=C(CN1CCC[C@@H]1C(=O)Nc1ccc(C2SC(=Nc3cccc(F)c3)N(Cc3ccco3)C2=O)cc1)c1ccccc1. The van der Waals surface area contributed by atoms with E-state index in [1.807, 2.05) is 35.2 Å². The number of carbonyl (C=O) groups excluding carboxylic acids is 3. The molecule has 2 aliphatic heterocycles. The van der Waals surface area contributed by atoms with Gasteiger partial charge in [-0.25, -0.2) is 9.38 Å². The van der Waals surface area contributed by atoms with Gasteiger partial charge in [-0.3, -0.25) is 24.2 Å². The highest BCUT2D eigenvalue weighted by atomic mass is 32.2. The van der Waals surface area contributed by atoms with Crippen molar-refractivity contribution in [3.63, 3.8) is 0 Å². The van der Waals surface area contributed by atoms with Crippen LogP contribution in [-0.4, -0.2) is 51.7 Å². The minimum atomic E-state index is -0.568. The van der Waals surface area contributed by atoms with Crippen LogP contribution in [0.5, 0.6) is 0 Å². The van der Waals surface area contributed by atoms with E-state index in [1.165, 1.54) is 23.9 Å². The van der Waals surface area contributed by atoms with Gasteiger partial charge >= 0.3 is 0 Å². The van der Waals surface area contributed by atoms with Gasteiger partial charge in [0.1, 0.15) is 16.8 Å². The van der Waals surface area contributed by atoms with Gasteiger partial charge in [0.05, 0.1) is 31.1 Å². The maximum absolute atomic E-state index is 13.8. The largest absolute Gasteiger partial charge is 0.467 e. The first-order valence-corrected chi connectivity index (χ1v) is 14.9. The molecule has 1 N–H and O–H groups in total. The standard InChI is InChI=1S/C33H29FN4O4S/c34-24-9-4-10-26(19-24)36-33-38(20-27-11-6-18-42-27)32(41)30(43-33)23-13-15-25(16-14-23)35-31(40)28-12-5-17-37(28)21-29(39)22-7-2-1-3-8-22/h1-4,6-11,13-16,18-19,28,30H,5,12,17,20-21H2,(H,35,40)/t28-,30?/m1/s1. The summed E-state index contributed by atoms with van der Waals surface area (Å²) >= 11 is 1.28. The van der Waals surface area contributed by atoms with Gasteiger partial charge in [0.25, 0.3) is 0 Å². The lowest BCUT2D eigenvalue weighted by Crippen LogP contribution is -2.42. The molecule has 2 fully saturated rings. The van der Waals surface area contributed by atoms with Gasteiger partial charge < -0.3 is 9.73 Å². The van der Waals surface area contributed by atoms with Gasteiger partial charge in [-0.05, 0) is 67.4 Å². The lowest BCUT2D eigenvalue weighted by Gasteiger charge is -2.23. The number of amidine groups is 1. The molecule has 0 radical (unpaired) electrons. The van der Waals surface area contributed by atoms with E-state index in [0.29, 0.717) is 40.8 Å². The van der Waals surface area contributed by atoms with Crippen LogP contribution in [0.15, 0.2) is 107 Å². The van der Waals surface area contributed by atoms with E-state index in [2.05, 4.69) is 10.3 Å². The van der Waals surface area contributed by atoms with Crippen LogP contribution in [0.2, 0.25) is 0 Å². The van der Waals surface area contributed by atoms with Crippen molar-refractivity contribution in [3.8, 4) is 0 Å². The topological polar surface area (TPSA) is 95.2 Å². The molecule has 8 nitrogen and oxygen atoms in total. The maximum Gasteiger partial charge on any atom is 0.247 e. The van der Waals surface area contributed by atoms with Gasteiger partial charge in [0, 0.05) is 11.3 Å². The average molecular weight is 597 g/mol. The number of rotatable bonds is 9. The van der Waals surface area contributed by atoms with Crippen molar-refractivity contribution in [1.29, 1.82) is 0 Å². The molecule has 2 atom stereocenters. The molecule has 3 aromatic carbocycles. The molecule has 10 heteroatoms. The number of hydrogen-bond acceptors (Lipinski definition) is 7. The second-order valence-corrected chi connectivity index (χ2v) is 11.5. The minimum Gasteiger partial charge on any atom is -0.467 e. The third-order valence-corrected chi connectivity index (χ3v) is 8.69. The molecule has 0 aliphatic carbocycles. The number of amides is 2. The summed E-state index contributed by atoms with van der Waals surface area (Å²) in [5, 5.41) is 2.85. The van der Waals surface area contributed by atoms with Gasteiger partial charge in [0.15, 0.2) is 11.0 Å². The number of ketones is 1. The number of Topliss-reactive ketones (excluding diaryl/α,β-unsaturated/α-hetero) is 1. The van der Waals surface area contributed by atoms with Crippen LogP contribution < -0.4 is 5.32 Å². The highest BCUT2D eigenvalue weighted by Gasteiger charge is 2.39. The first-order valence-electron chi connectivity index (χ1n) is 14.0. The number of nitrogens with one attached hydrogen (secondary N) is 1. The van der Waals surface area contributed by atoms with Gasteiger partial charge in [0.2, 0.25) is 11.8 Å². The number of thioether (sulfide) groups is 1. The molecule has 2 amide bonds. The first kappa shape index (κ1) is 28.6. The summed E-state index contributed by atoms with van der Waals surface area (Å²) in [7, 11) is 0. The Hall–Kier alpha value is -4.54.